The maximum atomic E-state index is 13.2. The minimum atomic E-state index is -0.00451. The second-order valence-corrected chi connectivity index (χ2v) is 10.0. The number of amides is 2. The first-order valence-electron chi connectivity index (χ1n) is 12.1. The van der Waals surface area contributed by atoms with Crippen molar-refractivity contribution in [1.82, 2.24) is 14.7 Å². The summed E-state index contributed by atoms with van der Waals surface area (Å²) in [4.78, 5) is 31.6. The first-order valence-corrected chi connectivity index (χ1v) is 12.1. The van der Waals surface area contributed by atoms with Crippen molar-refractivity contribution in [3.8, 4) is 0 Å². The lowest BCUT2D eigenvalue weighted by Gasteiger charge is -2.39. The van der Waals surface area contributed by atoms with Crippen molar-refractivity contribution >= 4 is 11.8 Å². The molecular formula is C25H51N3O2. The van der Waals surface area contributed by atoms with Crippen molar-refractivity contribution in [2.24, 2.45) is 17.3 Å². The lowest BCUT2D eigenvalue weighted by atomic mass is 9.76. The van der Waals surface area contributed by atoms with Crippen LogP contribution < -0.4 is 0 Å². The molecule has 0 N–H and O–H groups in total. The summed E-state index contributed by atoms with van der Waals surface area (Å²) >= 11 is 0. The Kier molecular flexibility index (Phi) is 13.5. The van der Waals surface area contributed by atoms with Crippen molar-refractivity contribution in [3.05, 3.63) is 0 Å². The van der Waals surface area contributed by atoms with Crippen molar-refractivity contribution in [2.75, 3.05) is 40.8 Å². The van der Waals surface area contributed by atoms with Gasteiger partial charge >= 0.3 is 0 Å². The molecule has 0 aliphatic heterocycles. The molecule has 0 saturated carbocycles. The summed E-state index contributed by atoms with van der Waals surface area (Å²) in [6, 6.07) is 0.192. The topological polar surface area (TPSA) is 43.9 Å². The van der Waals surface area contributed by atoms with E-state index >= 15 is 0 Å². The van der Waals surface area contributed by atoms with E-state index in [-0.39, 0.29) is 29.2 Å². The van der Waals surface area contributed by atoms with Gasteiger partial charge in [-0.05, 0) is 31.2 Å². The predicted molar refractivity (Wildman–Crippen MR) is 129 cm³/mol. The van der Waals surface area contributed by atoms with Gasteiger partial charge in [-0.25, -0.2) is 0 Å². The Morgan fingerprint density at radius 2 is 1.53 bits per heavy atom. The van der Waals surface area contributed by atoms with E-state index in [0.717, 1.165) is 45.2 Å². The summed E-state index contributed by atoms with van der Waals surface area (Å²) in [6.07, 6.45) is 6.31. The van der Waals surface area contributed by atoms with Gasteiger partial charge in [0.2, 0.25) is 11.8 Å². The Morgan fingerprint density at radius 3 is 2.03 bits per heavy atom. The molecule has 2 amide bonds. The van der Waals surface area contributed by atoms with Gasteiger partial charge in [-0.1, -0.05) is 74.1 Å². The van der Waals surface area contributed by atoms with Gasteiger partial charge < -0.3 is 9.80 Å². The van der Waals surface area contributed by atoms with Crippen LogP contribution in [0.3, 0.4) is 0 Å². The van der Waals surface area contributed by atoms with Crippen molar-refractivity contribution < 1.29 is 9.59 Å². The summed E-state index contributed by atoms with van der Waals surface area (Å²) in [7, 11) is 5.88. The second-order valence-electron chi connectivity index (χ2n) is 10.0. The van der Waals surface area contributed by atoms with E-state index in [4.69, 9.17) is 0 Å². The van der Waals surface area contributed by atoms with E-state index < -0.39 is 0 Å². The van der Waals surface area contributed by atoms with E-state index in [2.05, 4.69) is 53.4 Å². The fraction of sp³-hybridized carbons (Fsp3) is 0.920. The monoisotopic (exact) mass is 425 g/mol. The number of carbonyl (C=O) groups excluding carboxylic acids is 2. The number of likely N-dealkylation sites (N-methyl/N-ethyl adjacent to an activating group) is 2. The molecule has 0 aliphatic rings. The highest BCUT2D eigenvalue weighted by atomic mass is 16.2. The van der Waals surface area contributed by atoms with Crippen LogP contribution in [0.25, 0.3) is 0 Å². The van der Waals surface area contributed by atoms with Crippen LogP contribution in [0.4, 0.5) is 0 Å². The Labute approximate surface area is 187 Å². The fourth-order valence-corrected chi connectivity index (χ4v) is 3.75. The minimum Gasteiger partial charge on any atom is -0.345 e. The molecule has 0 saturated heterocycles. The zero-order valence-corrected chi connectivity index (χ0v) is 21.8. The van der Waals surface area contributed by atoms with Crippen LogP contribution >= 0.6 is 0 Å². The molecule has 5 nitrogen and oxygen atoms in total. The Morgan fingerprint density at radius 1 is 0.933 bits per heavy atom. The van der Waals surface area contributed by atoms with Gasteiger partial charge in [0.15, 0.2) is 0 Å². The van der Waals surface area contributed by atoms with Gasteiger partial charge in [-0.15, -0.1) is 0 Å². The highest BCUT2D eigenvalue weighted by Crippen LogP contribution is 2.32. The van der Waals surface area contributed by atoms with Gasteiger partial charge in [-0.3, -0.25) is 14.5 Å². The Hall–Kier alpha value is -1.10. The number of hydrogen-bond donors (Lipinski definition) is 0. The molecule has 0 bridgehead atoms. The summed E-state index contributed by atoms with van der Waals surface area (Å²) in [5, 5.41) is 0. The first-order chi connectivity index (χ1) is 13.9. The van der Waals surface area contributed by atoms with E-state index in [1.54, 1.807) is 0 Å². The van der Waals surface area contributed by atoms with Gasteiger partial charge in [0.25, 0.3) is 0 Å². The van der Waals surface area contributed by atoms with Crippen LogP contribution in [0.5, 0.6) is 0 Å². The van der Waals surface area contributed by atoms with Gasteiger partial charge in [0.1, 0.15) is 0 Å². The van der Waals surface area contributed by atoms with Crippen molar-refractivity contribution in [1.29, 1.82) is 0 Å². The van der Waals surface area contributed by atoms with Crippen LogP contribution in [0.1, 0.15) is 87.0 Å². The zero-order valence-electron chi connectivity index (χ0n) is 21.8. The molecule has 5 heteroatoms. The minimum absolute atomic E-state index is 0.00306. The molecule has 0 aromatic carbocycles. The lowest BCUT2D eigenvalue weighted by molar-refractivity contribution is -0.141. The largest absolute Gasteiger partial charge is 0.345 e. The highest BCUT2D eigenvalue weighted by molar-refractivity contribution is 5.79. The van der Waals surface area contributed by atoms with Crippen molar-refractivity contribution in [3.63, 3.8) is 0 Å². The van der Waals surface area contributed by atoms with Crippen LogP contribution in [-0.4, -0.2) is 73.3 Å². The molecule has 0 aromatic heterocycles. The fourth-order valence-electron chi connectivity index (χ4n) is 3.75. The second kappa shape index (κ2) is 14.1. The van der Waals surface area contributed by atoms with Gasteiger partial charge in [0, 0.05) is 39.1 Å². The molecule has 30 heavy (non-hydrogen) atoms. The third-order valence-corrected chi connectivity index (χ3v) is 7.33. The summed E-state index contributed by atoms with van der Waals surface area (Å²) in [5.41, 5.74) is -0.00306. The molecule has 3 atom stereocenters. The molecule has 0 radical (unpaired) electrons. The quantitative estimate of drug-likeness (QED) is 0.350. The maximum Gasteiger partial charge on any atom is 0.236 e. The molecule has 0 aromatic rings. The van der Waals surface area contributed by atoms with Crippen LogP contribution in [0.15, 0.2) is 0 Å². The molecule has 0 fully saturated rings. The number of unbranched alkanes of at least 4 members (excludes halogenated alkanes) is 2. The standard InChI is InChI=1S/C25H51N3O2/c1-11-14-15-17-27(9)23(29)19-26(8)18-16-22(20(4)12-2)28(10)24(30)21(5)25(6,7)13-3/h20-22H,11-19H2,1-10H3/t20?,21?,22-/m1/s1. The van der Waals surface area contributed by atoms with E-state index in [0.29, 0.717) is 12.5 Å². The third-order valence-electron chi connectivity index (χ3n) is 7.33. The lowest BCUT2D eigenvalue weighted by Crippen LogP contribution is -2.47. The van der Waals surface area contributed by atoms with Crippen molar-refractivity contribution in [2.45, 2.75) is 93.0 Å². The number of carbonyl (C=O) groups is 2. The molecule has 0 heterocycles. The van der Waals surface area contributed by atoms with E-state index in [9.17, 15) is 9.59 Å². The average Bonchev–Trinajstić information content (AvgIpc) is 2.71. The third kappa shape index (κ3) is 9.36. The zero-order chi connectivity index (χ0) is 23.5. The average molecular weight is 426 g/mol. The van der Waals surface area contributed by atoms with Crippen LogP contribution in [0.2, 0.25) is 0 Å². The van der Waals surface area contributed by atoms with Crippen LogP contribution in [-0.2, 0) is 9.59 Å². The summed E-state index contributed by atoms with van der Waals surface area (Å²) < 4.78 is 0. The van der Waals surface area contributed by atoms with Gasteiger partial charge in [0.05, 0.1) is 6.54 Å². The highest BCUT2D eigenvalue weighted by Gasteiger charge is 2.35. The predicted octanol–water partition coefficient (Wildman–Crippen LogP) is 4.90. The van der Waals surface area contributed by atoms with E-state index in [1.165, 1.54) is 6.42 Å². The Balaban J connectivity index is 4.91. The summed E-state index contributed by atoms with van der Waals surface area (Å²) in [6.45, 7) is 17.3. The smallest absolute Gasteiger partial charge is 0.236 e. The molecule has 2 unspecified atom stereocenters. The molecule has 0 aliphatic carbocycles. The number of rotatable bonds is 15. The van der Waals surface area contributed by atoms with E-state index in [1.807, 2.05) is 30.9 Å². The van der Waals surface area contributed by atoms with Gasteiger partial charge in [-0.2, -0.15) is 0 Å². The maximum absolute atomic E-state index is 13.2. The van der Waals surface area contributed by atoms with Crippen LogP contribution in [0, 0.1) is 17.3 Å². The first kappa shape index (κ1) is 28.9. The Bertz CT molecular complexity index is 507. The molecule has 178 valence electrons. The molecule has 0 rings (SSSR count). The summed E-state index contributed by atoms with van der Waals surface area (Å²) in [5.74, 6) is 0.838. The normalized spacial score (nSPS) is 15.0. The molecule has 0 spiro atoms. The molecular weight excluding hydrogens is 374 g/mol. The number of hydrogen-bond acceptors (Lipinski definition) is 3. The number of nitrogens with zero attached hydrogens (tertiary/aromatic N) is 3. The SMILES string of the molecule is CCCCCN(C)C(=O)CN(C)CC[C@H](C(C)CC)N(C)C(=O)C(C)C(C)(C)CC.